The first-order valence-corrected chi connectivity index (χ1v) is 7.12. The number of hydrogen-bond donors (Lipinski definition) is 2. The van der Waals surface area contributed by atoms with Crippen LogP contribution < -0.4 is 10.6 Å². The average molecular weight is 226 g/mol. The maximum absolute atomic E-state index is 3.58. The van der Waals surface area contributed by atoms with E-state index in [-0.39, 0.29) is 0 Å². The van der Waals surface area contributed by atoms with Gasteiger partial charge in [-0.3, -0.25) is 0 Å². The number of hydrogen-bond acceptors (Lipinski definition) is 2. The van der Waals surface area contributed by atoms with E-state index in [1.807, 2.05) is 0 Å². The van der Waals surface area contributed by atoms with Crippen LogP contribution in [0.15, 0.2) is 0 Å². The fourth-order valence-corrected chi connectivity index (χ4v) is 1.93. The van der Waals surface area contributed by atoms with E-state index in [1.54, 1.807) is 0 Å². The lowest BCUT2D eigenvalue weighted by Crippen LogP contribution is -2.22. The van der Waals surface area contributed by atoms with Gasteiger partial charge in [0.25, 0.3) is 0 Å². The molecule has 16 heavy (non-hydrogen) atoms. The molecule has 0 bridgehead atoms. The van der Waals surface area contributed by atoms with Gasteiger partial charge in [-0.05, 0) is 63.6 Å². The van der Waals surface area contributed by atoms with Crippen LogP contribution in [0.1, 0.15) is 52.9 Å². The van der Waals surface area contributed by atoms with Gasteiger partial charge in [-0.2, -0.15) is 0 Å². The molecule has 2 nitrogen and oxygen atoms in total. The van der Waals surface area contributed by atoms with Gasteiger partial charge in [0.15, 0.2) is 0 Å². The molecule has 0 radical (unpaired) electrons. The van der Waals surface area contributed by atoms with Crippen molar-refractivity contribution in [2.45, 2.75) is 58.9 Å². The zero-order chi connectivity index (χ0) is 11.8. The van der Waals surface area contributed by atoms with Crippen molar-refractivity contribution >= 4 is 0 Å². The van der Waals surface area contributed by atoms with E-state index in [9.17, 15) is 0 Å². The molecule has 1 fully saturated rings. The Balaban J connectivity index is 1.79. The van der Waals surface area contributed by atoms with Gasteiger partial charge in [0.2, 0.25) is 0 Å². The van der Waals surface area contributed by atoms with Crippen molar-refractivity contribution < 1.29 is 0 Å². The van der Waals surface area contributed by atoms with Crippen molar-refractivity contribution in [3.8, 4) is 0 Å². The molecule has 0 amide bonds. The monoisotopic (exact) mass is 226 g/mol. The van der Waals surface area contributed by atoms with E-state index >= 15 is 0 Å². The predicted octanol–water partition coefficient (Wildman–Crippen LogP) is 2.79. The van der Waals surface area contributed by atoms with Crippen LogP contribution >= 0.6 is 0 Å². The Morgan fingerprint density at radius 1 is 1.06 bits per heavy atom. The van der Waals surface area contributed by atoms with Crippen LogP contribution in [0.4, 0.5) is 0 Å². The molecule has 1 rings (SSSR count). The van der Waals surface area contributed by atoms with E-state index in [4.69, 9.17) is 0 Å². The van der Waals surface area contributed by atoms with Gasteiger partial charge in [-0.15, -0.1) is 0 Å². The Hall–Kier alpha value is -0.0800. The summed E-state index contributed by atoms with van der Waals surface area (Å²) in [5.41, 5.74) is 0. The first-order valence-electron chi connectivity index (χ1n) is 7.12. The third-order valence-corrected chi connectivity index (χ3v) is 3.25. The minimum absolute atomic E-state index is 0.776. The van der Waals surface area contributed by atoms with Crippen LogP contribution in [0.25, 0.3) is 0 Å². The van der Waals surface area contributed by atoms with Gasteiger partial charge >= 0.3 is 0 Å². The van der Waals surface area contributed by atoms with Crippen molar-refractivity contribution in [2.24, 2.45) is 11.8 Å². The average Bonchev–Trinajstić information content (AvgIpc) is 3.03. The van der Waals surface area contributed by atoms with Crippen LogP contribution in [0.3, 0.4) is 0 Å². The van der Waals surface area contributed by atoms with E-state index in [0.29, 0.717) is 0 Å². The van der Waals surface area contributed by atoms with Gasteiger partial charge in [-0.1, -0.05) is 20.8 Å². The first-order chi connectivity index (χ1) is 7.68. The maximum atomic E-state index is 3.58. The summed E-state index contributed by atoms with van der Waals surface area (Å²) in [5, 5.41) is 7.10. The summed E-state index contributed by atoms with van der Waals surface area (Å²) in [6, 6.07) is 0.878. The van der Waals surface area contributed by atoms with E-state index in [1.165, 1.54) is 45.2 Å². The molecule has 0 spiro atoms. The molecule has 0 aliphatic heterocycles. The summed E-state index contributed by atoms with van der Waals surface area (Å²) in [6.45, 7) is 10.5. The summed E-state index contributed by atoms with van der Waals surface area (Å²) in [5.74, 6) is 1.65. The van der Waals surface area contributed by atoms with Crippen LogP contribution in [0.2, 0.25) is 0 Å². The van der Waals surface area contributed by atoms with Crippen LogP contribution in [-0.4, -0.2) is 25.7 Å². The van der Waals surface area contributed by atoms with Gasteiger partial charge < -0.3 is 10.6 Å². The minimum Gasteiger partial charge on any atom is -0.316 e. The van der Waals surface area contributed by atoms with Crippen molar-refractivity contribution in [2.75, 3.05) is 19.6 Å². The van der Waals surface area contributed by atoms with E-state index in [0.717, 1.165) is 24.4 Å². The van der Waals surface area contributed by atoms with Crippen LogP contribution in [0, 0.1) is 11.8 Å². The summed E-state index contributed by atoms with van der Waals surface area (Å²) in [6.07, 6.45) is 6.88. The zero-order valence-corrected chi connectivity index (χ0v) is 11.4. The number of rotatable bonds is 10. The molecule has 0 aromatic carbocycles. The zero-order valence-electron chi connectivity index (χ0n) is 11.4. The highest BCUT2D eigenvalue weighted by atomic mass is 14.9. The first kappa shape index (κ1) is 14.0. The highest BCUT2D eigenvalue weighted by Gasteiger charge is 2.19. The quantitative estimate of drug-likeness (QED) is 0.560. The second-order valence-electron chi connectivity index (χ2n) is 5.86. The molecule has 1 aliphatic carbocycles. The molecule has 2 heteroatoms. The van der Waals surface area contributed by atoms with Crippen LogP contribution in [-0.2, 0) is 0 Å². The lowest BCUT2D eigenvalue weighted by Gasteiger charge is -2.13. The largest absolute Gasteiger partial charge is 0.316 e. The topological polar surface area (TPSA) is 24.1 Å². The maximum Gasteiger partial charge on any atom is 0.00682 e. The molecule has 96 valence electrons. The smallest absolute Gasteiger partial charge is 0.00682 e. The summed E-state index contributed by atoms with van der Waals surface area (Å²) < 4.78 is 0. The third-order valence-electron chi connectivity index (χ3n) is 3.25. The molecule has 0 aromatic heterocycles. The highest BCUT2D eigenvalue weighted by molar-refractivity contribution is 4.80. The molecule has 0 saturated heterocycles. The van der Waals surface area contributed by atoms with E-state index < -0.39 is 0 Å². The summed E-state index contributed by atoms with van der Waals surface area (Å²) in [7, 11) is 0. The fraction of sp³-hybridized carbons (Fsp3) is 1.00. The molecule has 1 aliphatic rings. The minimum atomic E-state index is 0.776. The molecular formula is C14H30N2. The fourth-order valence-electron chi connectivity index (χ4n) is 1.93. The Kier molecular flexibility index (Phi) is 7.06. The second-order valence-corrected chi connectivity index (χ2v) is 5.86. The van der Waals surface area contributed by atoms with E-state index in [2.05, 4.69) is 31.4 Å². The Morgan fingerprint density at radius 2 is 1.81 bits per heavy atom. The van der Waals surface area contributed by atoms with Crippen molar-refractivity contribution in [1.82, 2.24) is 10.6 Å². The van der Waals surface area contributed by atoms with Crippen LogP contribution in [0.5, 0.6) is 0 Å². The van der Waals surface area contributed by atoms with Gasteiger partial charge in [0.1, 0.15) is 0 Å². The lowest BCUT2D eigenvalue weighted by molar-refractivity contribution is 0.437. The number of nitrogens with one attached hydrogen (secondary N) is 2. The van der Waals surface area contributed by atoms with Crippen molar-refractivity contribution in [3.63, 3.8) is 0 Å². The SMILES string of the molecule is CC(C)CNCCC(C)CCCNC1CC1. The predicted molar refractivity (Wildman–Crippen MR) is 71.7 cm³/mol. The molecule has 2 N–H and O–H groups in total. The third kappa shape index (κ3) is 8.12. The van der Waals surface area contributed by atoms with Gasteiger partial charge in [-0.25, -0.2) is 0 Å². The highest BCUT2D eigenvalue weighted by Crippen LogP contribution is 2.18. The van der Waals surface area contributed by atoms with Crippen molar-refractivity contribution in [1.29, 1.82) is 0 Å². The Morgan fingerprint density at radius 3 is 2.44 bits per heavy atom. The Bertz CT molecular complexity index is 154. The molecule has 1 atom stereocenters. The molecule has 1 saturated carbocycles. The van der Waals surface area contributed by atoms with Gasteiger partial charge in [0, 0.05) is 6.04 Å². The normalized spacial score (nSPS) is 18.0. The summed E-state index contributed by atoms with van der Waals surface area (Å²) >= 11 is 0. The standard InChI is InChI=1S/C14H30N2/c1-12(2)11-15-10-8-13(3)5-4-9-16-14-6-7-14/h12-16H,4-11H2,1-3H3. The lowest BCUT2D eigenvalue weighted by atomic mass is 10.0. The van der Waals surface area contributed by atoms with Crippen molar-refractivity contribution in [3.05, 3.63) is 0 Å². The molecule has 1 unspecified atom stereocenters. The Labute approximate surface area is 102 Å². The molecule has 0 heterocycles. The second kappa shape index (κ2) is 8.08. The molecule has 0 aromatic rings. The van der Waals surface area contributed by atoms with Gasteiger partial charge in [0.05, 0.1) is 0 Å². The molecular weight excluding hydrogens is 196 g/mol. The summed E-state index contributed by atoms with van der Waals surface area (Å²) in [4.78, 5) is 0.